The second-order valence-electron chi connectivity index (χ2n) is 7.36. The molecule has 1 N–H and O–H groups in total. The minimum atomic E-state index is -0.404. The lowest BCUT2D eigenvalue weighted by Gasteiger charge is -2.35. The number of rotatable bonds is 4. The first-order chi connectivity index (χ1) is 15.1. The number of benzene rings is 2. The Balaban J connectivity index is 1.25. The third-order valence-electron chi connectivity index (χ3n) is 5.48. The van der Waals surface area contributed by atoms with Gasteiger partial charge in [-0.3, -0.25) is 14.9 Å². The van der Waals surface area contributed by atoms with Crippen LogP contribution < -0.4 is 4.90 Å². The van der Waals surface area contributed by atoms with E-state index < -0.39 is 4.92 Å². The minimum absolute atomic E-state index is 0.0676. The molecule has 2 aromatic carbocycles. The van der Waals surface area contributed by atoms with E-state index in [2.05, 4.69) is 14.9 Å². The van der Waals surface area contributed by atoms with Crippen molar-refractivity contribution in [2.24, 2.45) is 0 Å². The van der Waals surface area contributed by atoms with Crippen molar-refractivity contribution in [2.45, 2.75) is 0 Å². The van der Waals surface area contributed by atoms with Crippen LogP contribution in [-0.2, 0) is 0 Å². The number of hydrogen-bond acceptors (Lipinski definition) is 6. The van der Waals surface area contributed by atoms with Gasteiger partial charge in [-0.15, -0.1) is 11.3 Å². The van der Waals surface area contributed by atoms with Crippen LogP contribution >= 0.6 is 11.3 Å². The summed E-state index contributed by atoms with van der Waals surface area (Å²) in [5, 5.41) is 14.5. The highest BCUT2D eigenvalue weighted by Crippen LogP contribution is 2.27. The number of nitro benzene ring substituents is 1. The Kier molecular flexibility index (Phi) is 4.87. The molecule has 2 aromatic heterocycles. The molecule has 0 unspecified atom stereocenters. The first kappa shape index (κ1) is 19.3. The molecule has 5 rings (SSSR count). The minimum Gasteiger partial charge on any atom is -0.368 e. The van der Waals surface area contributed by atoms with Crippen LogP contribution in [0.3, 0.4) is 0 Å². The van der Waals surface area contributed by atoms with Gasteiger partial charge in [0.05, 0.1) is 10.6 Å². The van der Waals surface area contributed by atoms with E-state index in [-0.39, 0.29) is 11.6 Å². The Morgan fingerprint density at radius 2 is 1.81 bits per heavy atom. The van der Waals surface area contributed by atoms with Crippen LogP contribution in [0.5, 0.6) is 0 Å². The Hall–Kier alpha value is -3.72. The Morgan fingerprint density at radius 3 is 2.52 bits per heavy atom. The van der Waals surface area contributed by atoms with E-state index in [1.54, 1.807) is 12.1 Å². The van der Waals surface area contributed by atoms with E-state index in [0.29, 0.717) is 31.9 Å². The lowest BCUT2D eigenvalue weighted by Crippen LogP contribution is -2.48. The molecule has 1 aliphatic rings. The van der Waals surface area contributed by atoms with Crippen molar-refractivity contribution >= 4 is 39.5 Å². The second kappa shape index (κ2) is 7.84. The Bertz CT molecular complexity index is 1220. The molecule has 156 valence electrons. The fourth-order valence-electron chi connectivity index (χ4n) is 3.80. The number of hydrogen-bond donors (Lipinski definition) is 1. The van der Waals surface area contributed by atoms with Crippen molar-refractivity contribution in [3.8, 4) is 10.7 Å². The summed E-state index contributed by atoms with van der Waals surface area (Å²) in [4.78, 5) is 35.2. The lowest BCUT2D eigenvalue weighted by atomic mass is 10.2. The summed E-state index contributed by atoms with van der Waals surface area (Å²) in [6.45, 7) is 2.50. The summed E-state index contributed by atoms with van der Waals surface area (Å²) in [7, 11) is 0. The molecule has 1 fully saturated rings. The number of H-pyrrole nitrogens is 1. The van der Waals surface area contributed by atoms with Crippen LogP contribution in [0.15, 0.2) is 60.0 Å². The maximum absolute atomic E-state index is 12.9. The van der Waals surface area contributed by atoms with Crippen LogP contribution in [0, 0.1) is 10.1 Å². The van der Waals surface area contributed by atoms with E-state index in [4.69, 9.17) is 0 Å². The molecule has 0 atom stereocenters. The number of thiazole rings is 1. The molecule has 0 radical (unpaired) electrons. The third kappa shape index (κ3) is 3.75. The molecule has 31 heavy (non-hydrogen) atoms. The van der Waals surface area contributed by atoms with Gasteiger partial charge in [-0.25, -0.2) is 4.98 Å². The molecule has 1 aliphatic heterocycles. The predicted molar refractivity (Wildman–Crippen MR) is 121 cm³/mol. The average molecular weight is 433 g/mol. The number of aromatic nitrogens is 2. The predicted octanol–water partition coefficient (Wildman–Crippen LogP) is 4.16. The number of carbonyl (C=O) groups is 1. The summed E-state index contributed by atoms with van der Waals surface area (Å²) < 4.78 is 0. The zero-order chi connectivity index (χ0) is 21.4. The van der Waals surface area contributed by atoms with Crippen LogP contribution in [0.25, 0.3) is 21.6 Å². The number of nitrogens with zero attached hydrogens (tertiary/aromatic N) is 4. The highest BCUT2D eigenvalue weighted by atomic mass is 32.1. The number of non-ortho nitro benzene ring substituents is 1. The van der Waals surface area contributed by atoms with E-state index in [1.165, 1.54) is 23.5 Å². The largest absolute Gasteiger partial charge is 0.368 e. The van der Waals surface area contributed by atoms with Crippen LogP contribution in [0.2, 0.25) is 0 Å². The number of carbonyl (C=O) groups excluding carboxylic acids is 1. The number of para-hydroxylation sites is 1. The van der Waals surface area contributed by atoms with Gasteiger partial charge in [0.2, 0.25) is 0 Å². The summed E-state index contributed by atoms with van der Waals surface area (Å²) in [6.07, 6.45) is 0. The highest BCUT2D eigenvalue weighted by Gasteiger charge is 2.24. The molecule has 0 aliphatic carbocycles. The van der Waals surface area contributed by atoms with Crippen molar-refractivity contribution in [2.75, 3.05) is 31.1 Å². The topological polar surface area (TPSA) is 95.4 Å². The van der Waals surface area contributed by atoms with Gasteiger partial charge >= 0.3 is 0 Å². The molecule has 1 saturated heterocycles. The van der Waals surface area contributed by atoms with Gasteiger partial charge in [-0.2, -0.15) is 0 Å². The van der Waals surface area contributed by atoms with Crippen molar-refractivity contribution < 1.29 is 9.72 Å². The van der Waals surface area contributed by atoms with Crippen molar-refractivity contribution in [1.82, 2.24) is 14.9 Å². The second-order valence-corrected chi connectivity index (χ2v) is 8.22. The Morgan fingerprint density at radius 1 is 1.06 bits per heavy atom. The van der Waals surface area contributed by atoms with Gasteiger partial charge in [0.25, 0.3) is 11.6 Å². The molecule has 9 heteroatoms. The number of amides is 1. The maximum Gasteiger partial charge on any atom is 0.273 e. The molecule has 1 amide bonds. The number of fused-ring (bicyclic) bond motifs is 1. The smallest absolute Gasteiger partial charge is 0.273 e. The summed E-state index contributed by atoms with van der Waals surface area (Å²) >= 11 is 1.46. The van der Waals surface area contributed by atoms with E-state index in [0.717, 1.165) is 27.3 Å². The molecular weight excluding hydrogens is 414 g/mol. The van der Waals surface area contributed by atoms with Gasteiger partial charge < -0.3 is 14.8 Å². The van der Waals surface area contributed by atoms with E-state index in [1.807, 2.05) is 40.6 Å². The average Bonchev–Trinajstić information content (AvgIpc) is 3.46. The molecule has 8 nitrogen and oxygen atoms in total. The number of anilines is 1. The van der Waals surface area contributed by atoms with Gasteiger partial charge in [-0.05, 0) is 24.3 Å². The SMILES string of the molecule is O=C(c1csc(-c2cc3ccccc3[nH]2)n1)N1CCN(c2ccc([N+](=O)[O-])cc2)CC1. The molecule has 0 bridgehead atoms. The maximum atomic E-state index is 12.9. The number of piperazine rings is 1. The van der Waals surface area contributed by atoms with E-state index in [9.17, 15) is 14.9 Å². The molecule has 3 heterocycles. The number of aromatic amines is 1. The van der Waals surface area contributed by atoms with Gasteiger partial charge in [0.1, 0.15) is 10.7 Å². The number of nitrogens with one attached hydrogen (secondary N) is 1. The van der Waals surface area contributed by atoms with Crippen LogP contribution in [-0.4, -0.2) is 51.9 Å². The lowest BCUT2D eigenvalue weighted by molar-refractivity contribution is -0.384. The van der Waals surface area contributed by atoms with Gasteiger partial charge in [-0.1, -0.05) is 18.2 Å². The number of nitro groups is 1. The van der Waals surface area contributed by atoms with Crippen molar-refractivity contribution in [1.29, 1.82) is 0 Å². The quantitative estimate of drug-likeness (QED) is 0.385. The first-order valence-electron chi connectivity index (χ1n) is 9.91. The van der Waals surface area contributed by atoms with Crippen LogP contribution in [0.1, 0.15) is 10.5 Å². The summed E-state index contributed by atoms with van der Waals surface area (Å²) in [5.41, 5.74) is 3.41. The van der Waals surface area contributed by atoms with E-state index >= 15 is 0 Å². The van der Waals surface area contributed by atoms with Crippen molar-refractivity contribution in [3.05, 3.63) is 75.8 Å². The standard InChI is InChI=1S/C22H19N5O3S/c28-22(20-14-31-21(24-20)19-13-15-3-1-2-4-18(15)23-19)26-11-9-25(10-12-26)16-5-7-17(8-6-16)27(29)30/h1-8,13-14,23H,9-12H2. The third-order valence-corrected chi connectivity index (χ3v) is 6.35. The molecule has 0 spiro atoms. The highest BCUT2D eigenvalue weighted by molar-refractivity contribution is 7.13. The monoisotopic (exact) mass is 433 g/mol. The summed E-state index contributed by atoms with van der Waals surface area (Å²) in [6, 6.07) is 16.6. The zero-order valence-electron chi connectivity index (χ0n) is 16.5. The molecule has 0 saturated carbocycles. The Labute approximate surface area is 181 Å². The molecule has 4 aromatic rings. The normalized spacial score (nSPS) is 14.2. The fourth-order valence-corrected chi connectivity index (χ4v) is 4.56. The summed E-state index contributed by atoms with van der Waals surface area (Å²) in [5.74, 6) is -0.0676. The first-order valence-corrected chi connectivity index (χ1v) is 10.8. The fraction of sp³-hybridized carbons (Fsp3) is 0.182. The van der Waals surface area contributed by atoms with Gasteiger partial charge in [0.15, 0.2) is 0 Å². The van der Waals surface area contributed by atoms with Crippen LogP contribution in [0.4, 0.5) is 11.4 Å². The zero-order valence-corrected chi connectivity index (χ0v) is 17.3. The van der Waals surface area contributed by atoms with Gasteiger partial charge in [0, 0.05) is 60.3 Å². The van der Waals surface area contributed by atoms with Crippen molar-refractivity contribution in [3.63, 3.8) is 0 Å². The molecular formula is C22H19N5O3S.